The Morgan fingerprint density at radius 1 is 1.12 bits per heavy atom. The van der Waals surface area contributed by atoms with E-state index in [1.165, 1.54) is 25.2 Å². The Kier molecular flexibility index (Phi) is 5.62. The Hall–Kier alpha value is -2.15. The van der Waals surface area contributed by atoms with Crippen LogP contribution in [0, 0.1) is 0 Å². The molecule has 0 heterocycles. The normalized spacial score (nSPS) is 11.9. The number of nitrogens with zero attached hydrogens (tertiary/aromatic N) is 2. The minimum Gasteiger partial charge on any atom is -0.478 e. The third-order valence-corrected chi connectivity index (χ3v) is 1.63. The SMILES string of the molecule is C/C=C/C(=O)N(/C(=C/C(=O)O)C(=O)O)N(C)C. The summed E-state index contributed by atoms with van der Waals surface area (Å²) in [6.45, 7) is 1.59. The maximum atomic E-state index is 11.6. The van der Waals surface area contributed by atoms with Gasteiger partial charge in [-0.15, -0.1) is 0 Å². The molecule has 0 aromatic heterocycles. The molecule has 0 unspecified atom stereocenters. The number of rotatable bonds is 5. The van der Waals surface area contributed by atoms with Crippen LogP contribution in [0.15, 0.2) is 23.9 Å². The Bertz CT molecular complexity index is 384. The molecule has 1 amide bonds. The number of hydrazine groups is 1. The molecule has 7 nitrogen and oxygen atoms in total. The van der Waals surface area contributed by atoms with Crippen molar-refractivity contribution in [1.29, 1.82) is 0 Å². The number of carboxylic acid groups (broad SMARTS) is 2. The predicted octanol–water partition coefficient (Wildman–Crippen LogP) is -0.0792. The second-order valence-electron chi connectivity index (χ2n) is 3.17. The number of carboxylic acids is 2. The lowest BCUT2D eigenvalue weighted by atomic mass is 10.3. The molecular formula is C10H14N2O5. The molecular weight excluding hydrogens is 228 g/mol. The van der Waals surface area contributed by atoms with Gasteiger partial charge in [0.25, 0.3) is 5.91 Å². The maximum absolute atomic E-state index is 11.6. The summed E-state index contributed by atoms with van der Waals surface area (Å²) >= 11 is 0. The van der Waals surface area contributed by atoms with Gasteiger partial charge in [0, 0.05) is 20.2 Å². The van der Waals surface area contributed by atoms with E-state index in [1.807, 2.05) is 0 Å². The van der Waals surface area contributed by atoms with Gasteiger partial charge < -0.3 is 10.2 Å². The largest absolute Gasteiger partial charge is 0.478 e. The first-order valence-corrected chi connectivity index (χ1v) is 4.63. The molecule has 0 saturated heterocycles. The molecule has 0 rings (SSSR count). The predicted molar refractivity (Wildman–Crippen MR) is 58.7 cm³/mol. The highest BCUT2D eigenvalue weighted by atomic mass is 16.4. The van der Waals surface area contributed by atoms with E-state index in [-0.39, 0.29) is 0 Å². The zero-order chi connectivity index (χ0) is 13.6. The van der Waals surface area contributed by atoms with Crippen LogP contribution in [0.4, 0.5) is 0 Å². The fraction of sp³-hybridized carbons (Fsp3) is 0.300. The number of hydrogen-bond donors (Lipinski definition) is 2. The van der Waals surface area contributed by atoms with Crippen molar-refractivity contribution < 1.29 is 24.6 Å². The summed E-state index contributed by atoms with van der Waals surface area (Å²) in [5, 5.41) is 19.4. The number of allylic oxidation sites excluding steroid dienone is 1. The molecule has 0 atom stereocenters. The van der Waals surface area contributed by atoms with Gasteiger partial charge in [0.05, 0.1) is 6.08 Å². The standard InChI is InChI=1S/C10H14N2O5/c1-4-5-8(13)12(11(2)3)7(10(16)17)6-9(14)15/h4-6H,1-3H3,(H,14,15)(H,16,17)/b5-4+,7-6+. The highest BCUT2D eigenvalue weighted by molar-refractivity contribution is 6.00. The number of carbonyl (C=O) groups is 3. The topological polar surface area (TPSA) is 98.2 Å². The van der Waals surface area contributed by atoms with Gasteiger partial charge in [0.1, 0.15) is 0 Å². The minimum absolute atomic E-state index is 0.462. The highest BCUT2D eigenvalue weighted by Crippen LogP contribution is 2.08. The van der Waals surface area contributed by atoms with Gasteiger partial charge in [0.2, 0.25) is 0 Å². The average molecular weight is 242 g/mol. The van der Waals surface area contributed by atoms with E-state index in [0.29, 0.717) is 6.08 Å². The van der Waals surface area contributed by atoms with Gasteiger partial charge in [-0.2, -0.15) is 0 Å². The summed E-state index contributed by atoms with van der Waals surface area (Å²) in [5.41, 5.74) is -0.634. The van der Waals surface area contributed by atoms with Crippen molar-refractivity contribution >= 4 is 17.8 Å². The van der Waals surface area contributed by atoms with Crippen LogP contribution in [-0.4, -0.2) is 52.2 Å². The van der Waals surface area contributed by atoms with Gasteiger partial charge in [-0.25, -0.2) is 19.6 Å². The zero-order valence-corrected chi connectivity index (χ0v) is 9.75. The minimum atomic E-state index is -1.50. The van der Waals surface area contributed by atoms with E-state index in [9.17, 15) is 14.4 Å². The van der Waals surface area contributed by atoms with Crippen molar-refractivity contribution in [3.05, 3.63) is 23.9 Å². The van der Waals surface area contributed by atoms with Crippen molar-refractivity contribution in [2.24, 2.45) is 0 Å². The summed E-state index contributed by atoms with van der Waals surface area (Å²) in [6, 6.07) is 0. The molecule has 7 heteroatoms. The summed E-state index contributed by atoms with van der Waals surface area (Å²) in [6.07, 6.45) is 3.03. The van der Waals surface area contributed by atoms with Crippen molar-refractivity contribution in [3.8, 4) is 0 Å². The molecule has 0 aromatic rings. The van der Waals surface area contributed by atoms with E-state index in [0.717, 1.165) is 11.1 Å². The summed E-state index contributed by atoms with van der Waals surface area (Å²) < 4.78 is 0. The van der Waals surface area contributed by atoms with Gasteiger partial charge in [-0.3, -0.25) is 4.79 Å². The summed E-state index contributed by atoms with van der Waals surface area (Å²) in [4.78, 5) is 33.0. The van der Waals surface area contributed by atoms with Crippen LogP contribution in [0.1, 0.15) is 6.92 Å². The first kappa shape index (κ1) is 14.8. The van der Waals surface area contributed by atoms with Crippen molar-refractivity contribution in [2.45, 2.75) is 6.92 Å². The Labute approximate surface area is 98.2 Å². The molecule has 0 radical (unpaired) electrons. The molecule has 2 N–H and O–H groups in total. The lowest BCUT2D eigenvalue weighted by Crippen LogP contribution is -2.42. The lowest BCUT2D eigenvalue weighted by molar-refractivity contribution is -0.146. The summed E-state index contributed by atoms with van der Waals surface area (Å²) in [7, 11) is 2.86. The Balaban J connectivity index is 5.48. The molecule has 0 spiro atoms. The summed E-state index contributed by atoms with van der Waals surface area (Å²) in [5.74, 6) is -3.59. The zero-order valence-electron chi connectivity index (χ0n) is 9.75. The molecule has 94 valence electrons. The van der Waals surface area contributed by atoms with E-state index in [4.69, 9.17) is 10.2 Å². The average Bonchev–Trinajstić information content (AvgIpc) is 2.15. The lowest BCUT2D eigenvalue weighted by Gasteiger charge is -2.27. The molecule has 0 aliphatic rings. The highest BCUT2D eigenvalue weighted by Gasteiger charge is 2.24. The Morgan fingerprint density at radius 2 is 1.65 bits per heavy atom. The third kappa shape index (κ3) is 4.47. The fourth-order valence-corrected chi connectivity index (χ4v) is 1.07. The van der Waals surface area contributed by atoms with Crippen LogP contribution >= 0.6 is 0 Å². The first-order valence-electron chi connectivity index (χ1n) is 4.63. The second-order valence-corrected chi connectivity index (χ2v) is 3.17. The number of hydrogen-bond acceptors (Lipinski definition) is 4. The smallest absolute Gasteiger partial charge is 0.354 e. The van der Waals surface area contributed by atoms with E-state index >= 15 is 0 Å². The van der Waals surface area contributed by atoms with E-state index in [1.54, 1.807) is 6.92 Å². The van der Waals surface area contributed by atoms with Crippen LogP contribution in [0.3, 0.4) is 0 Å². The quantitative estimate of drug-likeness (QED) is 0.517. The van der Waals surface area contributed by atoms with E-state index in [2.05, 4.69) is 0 Å². The molecule has 0 aromatic carbocycles. The van der Waals surface area contributed by atoms with Gasteiger partial charge in [-0.1, -0.05) is 6.08 Å². The van der Waals surface area contributed by atoms with Crippen molar-refractivity contribution in [2.75, 3.05) is 14.1 Å². The number of aliphatic carboxylic acids is 2. The molecule has 0 saturated carbocycles. The molecule has 0 aliphatic heterocycles. The van der Waals surface area contributed by atoms with Gasteiger partial charge in [-0.05, 0) is 6.92 Å². The molecule has 0 fully saturated rings. The molecule has 0 bridgehead atoms. The Morgan fingerprint density at radius 3 is 1.94 bits per heavy atom. The van der Waals surface area contributed by atoms with Crippen molar-refractivity contribution in [1.82, 2.24) is 10.0 Å². The van der Waals surface area contributed by atoms with E-state index < -0.39 is 23.5 Å². The fourth-order valence-electron chi connectivity index (χ4n) is 1.07. The van der Waals surface area contributed by atoms with Crippen LogP contribution in [0.5, 0.6) is 0 Å². The van der Waals surface area contributed by atoms with Crippen LogP contribution in [-0.2, 0) is 14.4 Å². The number of amides is 1. The molecule has 17 heavy (non-hydrogen) atoms. The van der Waals surface area contributed by atoms with Gasteiger partial charge in [0.15, 0.2) is 5.70 Å². The monoisotopic (exact) mass is 242 g/mol. The van der Waals surface area contributed by atoms with Crippen LogP contribution < -0.4 is 0 Å². The van der Waals surface area contributed by atoms with Crippen molar-refractivity contribution in [3.63, 3.8) is 0 Å². The van der Waals surface area contributed by atoms with Gasteiger partial charge >= 0.3 is 11.9 Å². The maximum Gasteiger partial charge on any atom is 0.354 e. The first-order chi connectivity index (χ1) is 7.81. The second kappa shape index (κ2) is 6.44. The molecule has 0 aliphatic carbocycles. The van der Waals surface area contributed by atoms with Crippen LogP contribution in [0.25, 0.3) is 0 Å². The van der Waals surface area contributed by atoms with Crippen LogP contribution in [0.2, 0.25) is 0 Å². The number of carbonyl (C=O) groups excluding carboxylic acids is 1. The third-order valence-electron chi connectivity index (χ3n) is 1.63.